The summed E-state index contributed by atoms with van der Waals surface area (Å²) in [6, 6.07) is 3.46. The first-order valence-corrected chi connectivity index (χ1v) is 9.50. The van der Waals surface area contributed by atoms with Crippen LogP contribution in [0.5, 0.6) is 5.75 Å². The van der Waals surface area contributed by atoms with Crippen LogP contribution in [0.4, 0.5) is 20.2 Å². The normalized spacial score (nSPS) is 25.4. The smallest absolute Gasteiger partial charge is 0.276 e. The van der Waals surface area contributed by atoms with Gasteiger partial charge in [-0.3, -0.25) is 0 Å². The third-order valence-electron chi connectivity index (χ3n) is 5.79. The summed E-state index contributed by atoms with van der Waals surface area (Å²) in [4.78, 5) is 3.95. The van der Waals surface area contributed by atoms with Crippen LogP contribution in [0.3, 0.4) is 0 Å². The number of hydrogen-bond acceptors (Lipinski definition) is 3. The van der Waals surface area contributed by atoms with E-state index >= 15 is 0 Å². The average molecular weight is 366 g/mol. The Balaban J connectivity index is 1.57. The Hall–Kier alpha value is -1.85. The number of alkyl halides is 2. The van der Waals surface area contributed by atoms with Crippen LogP contribution < -0.4 is 10.1 Å². The highest BCUT2D eigenvalue weighted by Crippen LogP contribution is 2.39. The summed E-state index contributed by atoms with van der Waals surface area (Å²) in [5, 5.41) is 12.8. The lowest BCUT2D eigenvalue weighted by atomic mass is 9.91. The fourth-order valence-corrected chi connectivity index (χ4v) is 4.12. The van der Waals surface area contributed by atoms with E-state index in [0.717, 1.165) is 18.8 Å². The molecule has 2 aliphatic rings. The Labute approximate surface area is 153 Å². The van der Waals surface area contributed by atoms with Crippen molar-refractivity contribution in [2.24, 2.45) is 16.8 Å². The van der Waals surface area contributed by atoms with Gasteiger partial charge in [-0.2, -0.15) is 0 Å². The first kappa shape index (κ1) is 18.9. The van der Waals surface area contributed by atoms with Crippen molar-refractivity contribution in [3.63, 3.8) is 0 Å². The van der Waals surface area contributed by atoms with E-state index in [9.17, 15) is 13.9 Å². The van der Waals surface area contributed by atoms with Gasteiger partial charge in [-0.15, -0.1) is 0 Å². The van der Waals surface area contributed by atoms with Crippen molar-refractivity contribution < 1.29 is 18.6 Å². The summed E-state index contributed by atoms with van der Waals surface area (Å²) in [5.41, 5.74) is 0.886. The zero-order valence-corrected chi connectivity index (χ0v) is 15.5. The van der Waals surface area contributed by atoms with Crippen LogP contribution >= 0.6 is 0 Å². The predicted octanol–water partition coefficient (Wildman–Crippen LogP) is 5.71. The van der Waals surface area contributed by atoms with Gasteiger partial charge < -0.3 is 15.2 Å². The van der Waals surface area contributed by atoms with E-state index in [2.05, 4.69) is 17.2 Å². The number of ether oxygens (including phenoxy) is 1. The number of rotatable bonds is 7. The fraction of sp³-hybridized carbons (Fsp3) is 0.650. The number of fused-ring (bicyclic) bond motifs is 1. The van der Waals surface area contributed by atoms with Crippen LogP contribution in [-0.4, -0.2) is 30.1 Å². The highest BCUT2D eigenvalue weighted by atomic mass is 19.3. The molecule has 2 N–H and O–H groups in total. The van der Waals surface area contributed by atoms with Gasteiger partial charge >= 0.3 is 0 Å². The SMILES string of the molecule is COc1ccc2c(c1)N=C(O)C(C(F)(F)CCCC[C@@H]1CCCC1C)N2. The van der Waals surface area contributed by atoms with E-state index in [1.165, 1.54) is 26.4 Å². The van der Waals surface area contributed by atoms with Gasteiger partial charge in [-0.1, -0.05) is 39.0 Å². The average Bonchev–Trinajstić information content (AvgIpc) is 3.02. The summed E-state index contributed by atoms with van der Waals surface area (Å²) in [5.74, 6) is -1.64. The highest BCUT2D eigenvalue weighted by Gasteiger charge is 2.44. The van der Waals surface area contributed by atoms with Crippen LogP contribution in [0.1, 0.15) is 51.9 Å². The zero-order valence-electron chi connectivity index (χ0n) is 15.5. The summed E-state index contributed by atoms with van der Waals surface area (Å²) in [6.07, 6.45) is 5.80. The van der Waals surface area contributed by atoms with Crippen LogP contribution in [0, 0.1) is 11.8 Å². The first-order chi connectivity index (χ1) is 12.4. The number of hydrogen-bond donors (Lipinski definition) is 2. The van der Waals surface area contributed by atoms with Gasteiger partial charge in [0.05, 0.1) is 18.5 Å². The summed E-state index contributed by atoms with van der Waals surface area (Å²) < 4.78 is 34.4. The third kappa shape index (κ3) is 4.10. The second-order valence-electron chi connectivity index (χ2n) is 7.61. The van der Waals surface area contributed by atoms with E-state index < -0.39 is 17.9 Å². The van der Waals surface area contributed by atoms with Crippen LogP contribution in [0.25, 0.3) is 0 Å². The number of benzene rings is 1. The lowest BCUT2D eigenvalue weighted by Crippen LogP contribution is -2.47. The molecule has 144 valence electrons. The molecular formula is C20H28F2N2O2. The van der Waals surface area contributed by atoms with Gasteiger partial charge in [0.1, 0.15) is 5.75 Å². The van der Waals surface area contributed by atoms with Gasteiger partial charge in [-0.05, 0) is 30.4 Å². The number of nitrogens with zero attached hydrogens (tertiary/aromatic N) is 1. The minimum atomic E-state index is -3.05. The molecule has 1 fully saturated rings. The van der Waals surface area contributed by atoms with Crippen LogP contribution in [0.2, 0.25) is 0 Å². The second kappa shape index (κ2) is 7.80. The number of nitrogens with one attached hydrogen (secondary N) is 1. The molecule has 0 aromatic heterocycles. The molecule has 0 radical (unpaired) electrons. The molecule has 0 spiro atoms. The molecule has 26 heavy (non-hydrogen) atoms. The summed E-state index contributed by atoms with van der Waals surface area (Å²) >= 11 is 0. The molecule has 4 nitrogen and oxygen atoms in total. The molecule has 1 aromatic rings. The maximum atomic E-state index is 14.6. The molecule has 1 heterocycles. The predicted molar refractivity (Wildman–Crippen MR) is 100 cm³/mol. The molecule has 1 aromatic carbocycles. The topological polar surface area (TPSA) is 53.9 Å². The molecule has 6 heteroatoms. The van der Waals surface area contributed by atoms with Crippen molar-refractivity contribution in [2.45, 2.75) is 63.8 Å². The molecule has 0 bridgehead atoms. The van der Waals surface area contributed by atoms with E-state index in [1.807, 2.05) is 0 Å². The number of aliphatic imine (C=N–C) groups is 1. The van der Waals surface area contributed by atoms with E-state index in [0.29, 0.717) is 29.5 Å². The number of methoxy groups -OCH3 is 1. The third-order valence-corrected chi connectivity index (χ3v) is 5.79. The maximum absolute atomic E-state index is 14.6. The number of halogens is 2. The van der Waals surface area contributed by atoms with E-state index in [4.69, 9.17) is 4.74 Å². The molecule has 2 unspecified atom stereocenters. The monoisotopic (exact) mass is 366 g/mol. The van der Waals surface area contributed by atoms with Crippen LogP contribution in [0.15, 0.2) is 23.2 Å². The van der Waals surface area contributed by atoms with Crippen molar-refractivity contribution in [1.82, 2.24) is 0 Å². The Morgan fingerprint density at radius 2 is 2.12 bits per heavy atom. The quantitative estimate of drug-likeness (QED) is 0.608. The van der Waals surface area contributed by atoms with Crippen molar-refractivity contribution >= 4 is 17.3 Å². The molecule has 1 aliphatic carbocycles. The number of anilines is 1. The molecule has 0 amide bonds. The molecular weight excluding hydrogens is 338 g/mol. The van der Waals surface area contributed by atoms with E-state index in [1.54, 1.807) is 18.2 Å². The summed E-state index contributed by atoms with van der Waals surface area (Å²) in [6.45, 7) is 2.26. The van der Waals surface area contributed by atoms with Crippen LogP contribution in [-0.2, 0) is 0 Å². The Kier molecular flexibility index (Phi) is 5.68. The first-order valence-electron chi connectivity index (χ1n) is 9.50. The zero-order chi connectivity index (χ0) is 18.7. The second-order valence-corrected chi connectivity index (χ2v) is 7.61. The number of aliphatic hydroxyl groups is 1. The Morgan fingerprint density at radius 1 is 1.31 bits per heavy atom. The van der Waals surface area contributed by atoms with Crippen molar-refractivity contribution in [1.29, 1.82) is 0 Å². The molecule has 3 rings (SSSR count). The van der Waals surface area contributed by atoms with E-state index in [-0.39, 0.29) is 6.42 Å². The summed E-state index contributed by atoms with van der Waals surface area (Å²) in [7, 11) is 1.52. The van der Waals surface area contributed by atoms with Crippen molar-refractivity contribution in [2.75, 3.05) is 12.4 Å². The number of aliphatic hydroxyl groups excluding tert-OH is 1. The largest absolute Gasteiger partial charge is 0.497 e. The van der Waals surface area contributed by atoms with Gasteiger partial charge in [-0.25, -0.2) is 13.8 Å². The minimum Gasteiger partial charge on any atom is -0.497 e. The fourth-order valence-electron chi connectivity index (χ4n) is 4.12. The van der Waals surface area contributed by atoms with Gasteiger partial charge in [0.25, 0.3) is 5.92 Å². The molecule has 3 atom stereocenters. The Bertz CT molecular complexity index is 663. The lowest BCUT2D eigenvalue weighted by molar-refractivity contribution is -0.0153. The van der Waals surface area contributed by atoms with Gasteiger partial charge in [0, 0.05) is 12.5 Å². The standard InChI is InChI=1S/C20H28F2N2O2/c1-13-6-5-8-14(13)7-3-4-11-20(21,22)18-19(25)24-17-12-15(26-2)9-10-16(17)23-18/h9-10,12-14,18,23H,3-8,11H2,1-2H3,(H,24,25)/t13?,14-,18?/m1/s1. The van der Waals surface area contributed by atoms with Crippen molar-refractivity contribution in [3.05, 3.63) is 18.2 Å². The molecule has 1 aliphatic heterocycles. The van der Waals surface area contributed by atoms with Gasteiger partial charge in [0.2, 0.25) is 5.90 Å². The van der Waals surface area contributed by atoms with Crippen molar-refractivity contribution in [3.8, 4) is 5.75 Å². The minimum absolute atomic E-state index is 0.253. The maximum Gasteiger partial charge on any atom is 0.276 e. The molecule has 1 saturated carbocycles. The highest BCUT2D eigenvalue weighted by molar-refractivity contribution is 5.92. The molecule has 0 saturated heterocycles. The Morgan fingerprint density at radius 3 is 2.81 bits per heavy atom. The van der Waals surface area contributed by atoms with Gasteiger partial charge in [0.15, 0.2) is 6.04 Å². The lowest BCUT2D eigenvalue weighted by Gasteiger charge is -2.30. The number of unbranched alkanes of at least 4 members (excludes halogenated alkanes) is 1.